The van der Waals surface area contributed by atoms with E-state index in [0.29, 0.717) is 25.7 Å². The highest BCUT2D eigenvalue weighted by molar-refractivity contribution is 7.87. The molecule has 0 heterocycles. The van der Waals surface area contributed by atoms with Gasteiger partial charge in [-0.1, -0.05) is 0 Å². The molecule has 6 heteroatoms. The lowest BCUT2D eigenvalue weighted by Crippen LogP contribution is -2.09. The molecule has 0 aromatic carbocycles. The monoisotopic (exact) mass is 192 g/mol. The van der Waals surface area contributed by atoms with Crippen LogP contribution in [-0.2, 0) is 14.3 Å². The lowest BCUT2D eigenvalue weighted by molar-refractivity contribution is 0.487. The molecule has 0 bridgehead atoms. The molecule has 0 aliphatic rings. The van der Waals surface area contributed by atoms with E-state index in [0.717, 1.165) is 0 Å². The van der Waals surface area contributed by atoms with E-state index in [-0.39, 0.29) is 5.75 Å². The number of rotatable bonds is 7. The van der Waals surface area contributed by atoms with Crippen LogP contribution >= 0.6 is 0 Å². The van der Waals surface area contributed by atoms with Crippen LogP contribution in [0.4, 0.5) is 0 Å². The van der Waals surface area contributed by atoms with Gasteiger partial charge in [0.25, 0.3) is 0 Å². The highest BCUT2D eigenvalue weighted by Gasteiger charge is 2.08. The second-order valence-electron chi connectivity index (χ2n) is 2.18. The Balaban J connectivity index is 3.61. The topological polar surface area (TPSA) is 91.1 Å². The van der Waals surface area contributed by atoms with Crippen LogP contribution in [0.5, 0.6) is 0 Å². The predicted molar refractivity (Wildman–Crippen MR) is 46.3 cm³/mol. The first kappa shape index (κ1) is 11.1. The van der Waals surface area contributed by atoms with Gasteiger partial charge in [-0.3, -0.25) is 5.41 Å². The van der Waals surface area contributed by atoms with Gasteiger partial charge in [0.15, 0.2) is 6.40 Å². The first-order valence-corrected chi connectivity index (χ1v) is 5.09. The fourth-order valence-corrected chi connectivity index (χ4v) is 1.45. The van der Waals surface area contributed by atoms with Crippen molar-refractivity contribution in [3.05, 3.63) is 0 Å². The van der Waals surface area contributed by atoms with Crippen LogP contribution in [0.3, 0.4) is 0 Å². The van der Waals surface area contributed by atoms with E-state index >= 15 is 0 Å². The zero-order valence-corrected chi connectivity index (χ0v) is 7.43. The minimum atomic E-state index is -3.53. The third-order valence-corrected chi connectivity index (χ3v) is 2.37. The normalized spacial score (nSPS) is 10.7. The average molecular weight is 192 g/mol. The molecule has 0 aromatic rings. The van der Waals surface area contributed by atoms with Crippen molar-refractivity contribution in [1.82, 2.24) is 0 Å². The van der Waals surface area contributed by atoms with Gasteiger partial charge in [-0.2, -0.15) is 8.42 Å². The maximum atomic E-state index is 10.8. The summed E-state index contributed by atoms with van der Waals surface area (Å²) >= 11 is 0. The van der Waals surface area contributed by atoms with E-state index in [4.69, 9.17) is 10.8 Å². The van der Waals surface area contributed by atoms with Crippen molar-refractivity contribution < 1.29 is 12.6 Å². The van der Waals surface area contributed by atoms with E-state index in [9.17, 15) is 8.42 Å². The molecule has 0 aromatic heterocycles. The molecular weight excluding hydrogens is 180 g/mol. The summed E-state index contributed by atoms with van der Waals surface area (Å²) in [7, 11) is -3.53. The van der Waals surface area contributed by atoms with Crippen molar-refractivity contribution in [2.45, 2.75) is 19.3 Å². The highest BCUT2D eigenvalue weighted by Crippen LogP contribution is 1.99. The highest BCUT2D eigenvalue weighted by atomic mass is 32.2. The molecule has 12 heavy (non-hydrogen) atoms. The van der Waals surface area contributed by atoms with Crippen molar-refractivity contribution in [2.24, 2.45) is 0 Å². The van der Waals surface area contributed by atoms with Gasteiger partial charge in [0.05, 0.1) is 5.75 Å². The SMILES string of the molecule is N=CCCCCS(=O)(=O)OC=N. The second-order valence-corrected chi connectivity index (χ2v) is 3.89. The zero-order chi connectivity index (χ0) is 9.45. The van der Waals surface area contributed by atoms with E-state index in [1.807, 2.05) is 0 Å². The van der Waals surface area contributed by atoms with Crippen LogP contribution in [0, 0.1) is 10.8 Å². The Kier molecular flexibility index (Phi) is 5.27. The van der Waals surface area contributed by atoms with E-state index in [2.05, 4.69) is 4.18 Å². The van der Waals surface area contributed by atoms with Crippen LogP contribution < -0.4 is 0 Å². The quantitative estimate of drug-likeness (QED) is 0.270. The minimum Gasteiger partial charge on any atom is -0.371 e. The maximum Gasteiger partial charge on any atom is 0.310 e. The Morgan fingerprint density at radius 1 is 1.25 bits per heavy atom. The third-order valence-electron chi connectivity index (χ3n) is 1.19. The maximum absolute atomic E-state index is 10.8. The molecule has 0 saturated carbocycles. The number of nitrogens with one attached hydrogen (secondary N) is 2. The van der Waals surface area contributed by atoms with Gasteiger partial charge in [0.1, 0.15) is 0 Å². The molecule has 0 atom stereocenters. The Labute approximate surface area is 71.9 Å². The molecule has 0 fully saturated rings. The zero-order valence-electron chi connectivity index (χ0n) is 6.62. The van der Waals surface area contributed by atoms with Crippen LogP contribution in [0.1, 0.15) is 19.3 Å². The second kappa shape index (κ2) is 5.70. The van der Waals surface area contributed by atoms with E-state index in [1.54, 1.807) is 0 Å². The molecule has 0 amide bonds. The standard InChI is InChI=1S/C6H12N2O3S/c7-4-2-1-3-5-12(9,10)11-6-8/h4,6-8H,1-3,5H2. The first-order valence-electron chi connectivity index (χ1n) is 3.51. The lowest BCUT2D eigenvalue weighted by Gasteiger charge is -1.99. The molecule has 0 aliphatic heterocycles. The van der Waals surface area contributed by atoms with E-state index < -0.39 is 10.1 Å². The molecule has 0 rings (SSSR count). The van der Waals surface area contributed by atoms with Crippen molar-refractivity contribution >= 4 is 22.7 Å². The molecular formula is C6H12N2O3S. The van der Waals surface area contributed by atoms with Crippen LogP contribution in [0.15, 0.2) is 0 Å². The summed E-state index contributed by atoms with van der Waals surface area (Å²) in [5.41, 5.74) is 0. The van der Waals surface area contributed by atoms with Crippen molar-refractivity contribution in [3.8, 4) is 0 Å². The first-order chi connectivity index (χ1) is 5.62. The van der Waals surface area contributed by atoms with Crippen molar-refractivity contribution in [1.29, 1.82) is 10.8 Å². The third kappa shape index (κ3) is 5.84. The largest absolute Gasteiger partial charge is 0.371 e. The molecule has 0 spiro atoms. The molecule has 0 aliphatic carbocycles. The minimum absolute atomic E-state index is 0.0871. The van der Waals surface area contributed by atoms with Gasteiger partial charge in [0.2, 0.25) is 0 Å². The van der Waals surface area contributed by atoms with E-state index in [1.165, 1.54) is 6.21 Å². The lowest BCUT2D eigenvalue weighted by atomic mass is 10.3. The van der Waals surface area contributed by atoms with Gasteiger partial charge < -0.3 is 9.59 Å². The summed E-state index contributed by atoms with van der Waals surface area (Å²) in [4.78, 5) is 0. The van der Waals surface area contributed by atoms with Crippen LogP contribution in [-0.4, -0.2) is 26.8 Å². The summed E-state index contributed by atoms with van der Waals surface area (Å²) in [5, 5.41) is 13.1. The fraction of sp³-hybridized carbons (Fsp3) is 0.667. The van der Waals surface area contributed by atoms with Crippen LogP contribution in [0.2, 0.25) is 0 Å². The molecule has 0 radical (unpaired) electrons. The Morgan fingerprint density at radius 2 is 1.92 bits per heavy atom. The Morgan fingerprint density at radius 3 is 2.42 bits per heavy atom. The summed E-state index contributed by atoms with van der Waals surface area (Å²) in [6.07, 6.45) is 3.35. The van der Waals surface area contributed by atoms with Gasteiger partial charge in [-0.15, -0.1) is 0 Å². The molecule has 70 valence electrons. The summed E-state index contributed by atoms with van der Waals surface area (Å²) in [6.45, 7) is 0. The predicted octanol–water partition coefficient (Wildman–Crippen LogP) is 0.760. The summed E-state index contributed by atoms with van der Waals surface area (Å²) in [5.74, 6) is -0.0871. The fourth-order valence-electron chi connectivity index (χ4n) is 0.647. The van der Waals surface area contributed by atoms with Gasteiger partial charge in [-0.25, -0.2) is 0 Å². The molecule has 5 nitrogen and oxygen atoms in total. The Hall–Kier alpha value is -0.910. The molecule has 0 saturated heterocycles. The number of hydrogen-bond donors (Lipinski definition) is 2. The van der Waals surface area contributed by atoms with Gasteiger partial charge in [-0.05, 0) is 25.5 Å². The van der Waals surface area contributed by atoms with Gasteiger partial charge >= 0.3 is 10.1 Å². The smallest absolute Gasteiger partial charge is 0.310 e. The molecule has 0 unspecified atom stereocenters. The summed E-state index contributed by atoms with van der Waals surface area (Å²) in [6, 6.07) is 0. The number of hydrogen-bond acceptors (Lipinski definition) is 5. The Bertz CT molecular complexity index is 235. The average Bonchev–Trinajstić information content (AvgIpc) is 1.98. The summed E-state index contributed by atoms with van der Waals surface area (Å²) < 4.78 is 25.6. The number of unbranched alkanes of at least 4 members (excludes halogenated alkanes) is 2. The van der Waals surface area contributed by atoms with Crippen molar-refractivity contribution in [2.75, 3.05) is 5.75 Å². The van der Waals surface area contributed by atoms with Gasteiger partial charge in [0, 0.05) is 0 Å². The molecule has 2 N–H and O–H groups in total. The van der Waals surface area contributed by atoms with Crippen LogP contribution in [0.25, 0.3) is 0 Å². The van der Waals surface area contributed by atoms with Crippen molar-refractivity contribution in [3.63, 3.8) is 0 Å².